The van der Waals surface area contributed by atoms with E-state index in [-0.39, 0.29) is 5.56 Å². The van der Waals surface area contributed by atoms with Gasteiger partial charge in [-0.1, -0.05) is 30.7 Å². The van der Waals surface area contributed by atoms with Gasteiger partial charge in [-0.2, -0.15) is 0 Å². The topological polar surface area (TPSA) is 45.8 Å². The highest BCUT2D eigenvalue weighted by atomic mass is 35.5. The zero-order chi connectivity index (χ0) is 12.4. The Kier molecular flexibility index (Phi) is 3.29. The van der Waals surface area contributed by atoms with E-state index in [9.17, 15) is 4.79 Å². The number of hydrogen-bond acceptors (Lipinski definition) is 2. The quantitative estimate of drug-likeness (QED) is 0.888. The SMILES string of the molecule is CCc1cc(=O)[nH]c(-c2ccc(C)c(Cl)c2)n1. The Bertz CT molecular complexity index is 605. The molecule has 0 amide bonds. The van der Waals surface area contributed by atoms with Crippen LogP contribution in [0.2, 0.25) is 5.02 Å². The summed E-state index contributed by atoms with van der Waals surface area (Å²) in [6.07, 6.45) is 0.733. The van der Waals surface area contributed by atoms with Gasteiger partial charge >= 0.3 is 0 Å². The highest BCUT2D eigenvalue weighted by molar-refractivity contribution is 6.31. The van der Waals surface area contributed by atoms with Gasteiger partial charge in [0.1, 0.15) is 5.82 Å². The zero-order valence-electron chi connectivity index (χ0n) is 9.75. The second-order valence-electron chi connectivity index (χ2n) is 3.90. The number of aryl methyl sites for hydroxylation is 2. The van der Waals surface area contributed by atoms with Crippen LogP contribution in [0.3, 0.4) is 0 Å². The summed E-state index contributed by atoms with van der Waals surface area (Å²) in [6.45, 7) is 3.90. The molecule has 0 radical (unpaired) electrons. The van der Waals surface area contributed by atoms with Gasteiger partial charge in [-0.3, -0.25) is 4.79 Å². The lowest BCUT2D eigenvalue weighted by Gasteiger charge is -2.05. The smallest absolute Gasteiger partial charge is 0.251 e. The molecule has 1 aromatic heterocycles. The molecular formula is C13H13ClN2O. The molecule has 3 nitrogen and oxygen atoms in total. The maximum atomic E-state index is 11.5. The third-order valence-corrected chi connectivity index (χ3v) is 3.01. The predicted octanol–water partition coefficient (Wildman–Crippen LogP) is 2.96. The molecule has 0 saturated carbocycles. The van der Waals surface area contributed by atoms with Crippen molar-refractivity contribution in [2.45, 2.75) is 20.3 Å². The van der Waals surface area contributed by atoms with Crippen molar-refractivity contribution < 1.29 is 0 Å². The molecule has 0 aliphatic carbocycles. The Balaban J connectivity index is 2.55. The molecule has 17 heavy (non-hydrogen) atoms. The van der Waals surface area contributed by atoms with Gasteiger partial charge in [0.25, 0.3) is 5.56 Å². The summed E-state index contributed by atoms with van der Waals surface area (Å²) in [4.78, 5) is 18.6. The fourth-order valence-electron chi connectivity index (χ4n) is 1.57. The highest BCUT2D eigenvalue weighted by Gasteiger charge is 2.05. The highest BCUT2D eigenvalue weighted by Crippen LogP contribution is 2.22. The first kappa shape index (κ1) is 11.9. The van der Waals surface area contributed by atoms with Crippen LogP contribution in [0.15, 0.2) is 29.1 Å². The number of aromatic amines is 1. The molecule has 0 aliphatic heterocycles. The fraction of sp³-hybridized carbons (Fsp3) is 0.231. The second kappa shape index (κ2) is 4.72. The van der Waals surface area contributed by atoms with E-state index >= 15 is 0 Å². The average Bonchev–Trinajstić information content (AvgIpc) is 2.32. The normalized spacial score (nSPS) is 10.5. The first-order valence-electron chi connectivity index (χ1n) is 5.47. The van der Waals surface area contributed by atoms with E-state index < -0.39 is 0 Å². The monoisotopic (exact) mass is 248 g/mol. The van der Waals surface area contributed by atoms with Crippen molar-refractivity contribution in [3.8, 4) is 11.4 Å². The summed E-state index contributed by atoms with van der Waals surface area (Å²) in [5, 5.41) is 0.673. The molecule has 0 saturated heterocycles. The van der Waals surface area contributed by atoms with Gasteiger partial charge in [0.2, 0.25) is 0 Å². The van der Waals surface area contributed by atoms with Gasteiger partial charge in [-0.25, -0.2) is 4.98 Å². The first-order valence-corrected chi connectivity index (χ1v) is 5.84. The Labute approximate surface area is 104 Å². The number of nitrogens with zero attached hydrogens (tertiary/aromatic N) is 1. The van der Waals surface area contributed by atoms with Crippen LogP contribution in [0.1, 0.15) is 18.2 Å². The van der Waals surface area contributed by atoms with Crippen molar-refractivity contribution in [3.63, 3.8) is 0 Å². The van der Waals surface area contributed by atoms with Crippen molar-refractivity contribution in [1.29, 1.82) is 0 Å². The average molecular weight is 249 g/mol. The van der Waals surface area contributed by atoms with Gasteiger partial charge in [-0.05, 0) is 25.0 Å². The van der Waals surface area contributed by atoms with Crippen LogP contribution in [0.4, 0.5) is 0 Å². The summed E-state index contributed by atoms with van der Waals surface area (Å²) < 4.78 is 0. The molecule has 1 heterocycles. The molecular weight excluding hydrogens is 236 g/mol. The number of hydrogen-bond donors (Lipinski definition) is 1. The molecule has 0 fully saturated rings. The van der Waals surface area contributed by atoms with Crippen LogP contribution in [0, 0.1) is 6.92 Å². The van der Waals surface area contributed by atoms with Crippen molar-refractivity contribution in [3.05, 3.63) is 50.9 Å². The van der Waals surface area contributed by atoms with Gasteiger partial charge < -0.3 is 4.98 Å². The Morgan fingerprint density at radius 2 is 2.12 bits per heavy atom. The lowest BCUT2D eigenvalue weighted by molar-refractivity contribution is 0.987. The van der Waals surface area contributed by atoms with E-state index in [4.69, 9.17) is 11.6 Å². The molecule has 1 aromatic carbocycles. The van der Waals surface area contributed by atoms with Gasteiger partial charge in [0, 0.05) is 22.3 Å². The summed E-state index contributed by atoms with van der Waals surface area (Å²) in [7, 11) is 0. The Morgan fingerprint density at radius 1 is 1.35 bits per heavy atom. The van der Waals surface area contributed by atoms with Crippen LogP contribution in [0.5, 0.6) is 0 Å². The number of aromatic nitrogens is 2. The van der Waals surface area contributed by atoms with E-state index in [0.29, 0.717) is 10.8 Å². The minimum atomic E-state index is -0.136. The maximum Gasteiger partial charge on any atom is 0.251 e. The van der Waals surface area contributed by atoms with Crippen LogP contribution in [-0.2, 0) is 6.42 Å². The molecule has 1 N–H and O–H groups in total. The molecule has 2 aromatic rings. The number of H-pyrrole nitrogens is 1. The second-order valence-corrected chi connectivity index (χ2v) is 4.31. The molecule has 0 unspecified atom stereocenters. The number of rotatable bonds is 2. The van der Waals surface area contributed by atoms with E-state index in [2.05, 4.69) is 9.97 Å². The van der Waals surface area contributed by atoms with E-state index in [1.807, 2.05) is 32.0 Å². The van der Waals surface area contributed by atoms with Crippen molar-refractivity contribution in [2.24, 2.45) is 0 Å². The number of halogens is 1. The minimum absolute atomic E-state index is 0.136. The molecule has 0 spiro atoms. The first-order chi connectivity index (χ1) is 8.10. The summed E-state index contributed by atoms with van der Waals surface area (Å²) in [5.41, 5.74) is 2.47. The largest absolute Gasteiger partial charge is 0.307 e. The molecule has 88 valence electrons. The summed E-state index contributed by atoms with van der Waals surface area (Å²) in [6, 6.07) is 7.14. The Morgan fingerprint density at radius 3 is 2.76 bits per heavy atom. The van der Waals surface area contributed by atoms with Crippen LogP contribution in [0.25, 0.3) is 11.4 Å². The third-order valence-electron chi connectivity index (χ3n) is 2.60. The van der Waals surface area contributed by atoms with E-state index in [1.165, 1.54) is 6.07 Å². The van der Waals surface area contributed by atoms with Crippen molar-refractivity contribution in [1.82, 2.24) is 9.97 Å². The lowest BCUT2D eigenvalue weighted by Crippen LogP contribution is -2.09. The fourth-order valence-corrected chi connectivity index (χ4v) is 1.75. The van der Waals surface area contributed by atoms with Gasteiger partial charge in [0.05, 0.1) is 0 Å². The zero-order valence-corrected chi connectivity index (χ0v) is 10.5. The van der Waals surface area contributed by atoms with Crippen molar-refractivity contribution >= 4 is 11.6 Å². The van der Waals surface area contributed by atoms with Crippen molar-refractivity contribution in [2.75, 3.05) is 0 Å². The minimum Gasteiger partial charge on any atom is -0.307 e. The molecule has 0 atom stereocenters. The van der Waals surface area contributed by atoms with Crippen LogP contribution >= 0.6 is 11.6 Å². The number of nitrogens with one attached hydrogen (secondary N) is 1. The maximum absolute atomic E-state index is 11.5. The molecule has 2 rings (SSSR count). The van der Waals surface area contributed by atoms with Gasteiger partial charge in [-0.15, -0.1) is 0 Å². The standard InChI is InChI=1S/C13H13ClN2O/c1-3-10-7-12(17)16-13(15-10)9-5-4-8(2)11(14)6-9/h4-7H,3H2,1-2H3,(H,15,16,17). The molecule has 0 bridgehead atoms. The molecule has 4 heteroatoms. The Hall–Kier alpha value is -1.61. The van der Waals surface area contributed by atoms with Crippen LogP contribution in [-0.4, -0.2) is 9.97 Å². The van der Waals surface area contributed by atoms with Crippen LogP contribution < -0.4 is 5.56 Å². The summed E-state index contributed by atoms with van der Waals surface area (Å²) >= 11 is 6.06. The lowest BCUT2D eigenvalue weighted by atomic mass is 10.1. The predicted molar refractivity (Wildman–Crippen MR) is 69.4 cm³/mol. The van der Waals surface area contributed by atoms with E-state index in [1.54, 1.807) is 0 Å². The third kappa shape index (κ3) is 2.56. The van der Waals surface area contributed by atoms with E-state index in [0.717, 1.165) is 23.2 Å². The summed E-state index contributed by atoms with van der Waals surface area (Å²) in [5.74, 6) is 0.566. The van der Waals surface area contributed by atoms with Gasteiger partial charge in [0.15, 0.2) is 0 Å². The number of benzene rings is 1. The molecule has 0 aliphatic rings.